The molecule has 2 N–H and O–H groups in total. The number of rotatable bonds is 6. The van der Waals surface area contributed by atoms with Crippen LogP contribution in [-0.4, -0.2) is 63.0 Å². The van der Waals surface area contributed by atoms with Gasteiger partial charge in [0.15, 0.2) is 0 Å². The van der Waals surface area contributed by atoms with E-state index in [9.17, 15) is 4.79 Å². The van der Waals surface area contributed by atoms with Crippen molar-refractivity contribution in [3.05, 3.63) is 88.2 Å². The molecule has 0 unspecified atom stereocenters. The molecule has 1 aromatic carbocycles. The van der Waals surface area contributed by atoms with Gasteiger partial charge in [0.05, 0.1) is 23.9 Å². The molecule has 1 aliphatic heterocycles. The Bertz CT molecular complexity index is 1350. The fourth-order valence-corrected chi connectivity index (χ4v) is 4.58. The number of aryl methyl sites for hydroxylation is 2. The molecule has 2 aromatic heterocycles. The molecule has 5 rings (SSSR count). The van der Waals surface area contributed by atoms with Crippen LogP contribution in [0.5, 0.6) is 0 Å². The minimum Gasteiger partial charge on any atom is -0.443 e. The Labute approximate surface area is 235 Å². The first-order valence-electron chi connectivity index (χ1n) is 13.3. The van der Waals surface area contributed by atoms with Crippen LogP contribution in [0, 0.1) is 12.3 Å². The number of aromatic nitrogens is 3. The minimum atomic E-state index is -0.137. The fourth-order valence-electron chi connectivity index (χ4n) is 4.41. The molecule has 9 heteroatoms. The molecule has 1 saturated heterocycles. The van der Waals surface area contributed by atoms with Crippen molar-refractivity contribution in [1.29, 1.82) is 5.41 Å². The van der Waals surface area contributed by atoms with Gasteiger partial charge < -0.3 is 19.5 Å². The number of ether oxygens (including phenoxy) is 1. The molecule has 1 aliphatic carbocycles. The van der Waals surface area contributed by atoms with Gasteiger partial charge in [-0.3, -0.25) is 10.4 Å². The third-order valence-electron chi connectivity index (χ3n) is 7.13. The number of hydrogen-bond acceptors (Lipinski definition) is 6. The predicted octanol–water partition coefficient (Wildman–Crippen LogP) is 5.42. The van der Waals surface area contributed by atoms with E-state index < -0.39 is 0 Å². The number of piperazine rings is 1. The summed E-state index contributed by atoms with van der Waals surface area (Å²) in [4.78, 5) is 21.9. The van der Waals surface area contributed by atoms with Crippen LogP contribution < -0.4 is 5.32 Å². The number of nitrogens with one attached hydrogen (secondary N) is 2. The highest BCUT2D eigenvalue weighted by Crippen LogP contribution is 2.39. The zero-order valence-corrected chi connectivity index (χ0v) is 23.9. The van der Waals surface area contributed by atoms with Gasteiger partial charge in [-0.05, 0) is 68.5 Å². The van der Waals surface area contributed by atoms with E-state index >= 15 is 0 Å². The maximum atomic E-state index is 11.5. The van der Waals surface area contributed by atoms with Crippen molar-refractivity contribution in [2.75, 3.05) is 26.2 Å². The lowest BCUT2D eigenvalue weighted by Gasteiger charge is -2.27. The molecule has 0 spiro atoms. The van der Waals surface area contributed by atoms with Crippen molar-refractivity contribution in [3.8, 4) is 0 Å². The average Bonchev–Trinajstić information content (AvgIpc) is 3.49. The van der Waals surface area contributed by atoms with Crippen molar-refractivity contribution in [2.45, 2.75) is 45.6 Å². The monoisotopic (exact) mass is 548 g/mol. The van der Waals surface area contributed by atoms with Crippen molar-refractivity contribution in [2.24, 2.45) is 7.05 Å². The largest absolute Gasteiger partial charge is 0.443 e. The van der Waals surface area contributed by atoms with E-state index in [0.29, 0.717) is 17.2 Å². The van der Waals surface area contributed by atoms with Gasteiger partial charge in [0.25, 0.3) is 0 Å². The summed E-state index contributed by atoms with van der Waals surface area (Å²) in [5, 5.41) is 12.5. The van der Waals surface area contributed by atoms with Gasteiger partial charge in [-0.15, -0.1) is 0 Å². The molecule has 0 atom stereocenters. The number of amides is 1. The number of halogens is 1. The van der Waals surface area contributed by atoms with E-state index in [4.69, 9.17) is 21.7 Å². The molecule has 3 heterocycles. The molecule has 1 saturated carbocycles. The maximum Gasteiger partial charge on any atom is 0.410 e. The molecule has 1 amide bonds. The van der Waals surface area contributed by atoms with Gasteiger partial charge in [0.1, 0.15) is 5.60 Å². The lowest BCUT2D eigenvalue weighted by Crippen LogP contribution is -2.47. The molecule has 8 nitrogen and oxygen atoms in total. The third-order valence-corrected chi connectivity index (χ3v) is 7.37. The number of hydrogen-bond donors (Lipinski definition) is 2. The number of allylic oxidation sites excluding steroid dienone is 2. The van der Waals surface area contributed by atoms with Crippen molar-refractivity contribution in [1.82, 2.24) is 24.8 Å². The van der Waals surface area contributed by atoms with E-state index in [1.54, 1.807) is 17.4 Å². The Morgan fingerprint density at radius 2 is 2.00 bits per heavy atom. The zero-order chi connectivity index (χ0) is 28.0. The van der Waals surface area contributed by atoms with E-state index in [0.717, 1.165) is 72.7 Å². The van der Waals surface area contributed by atoms with Gasteiger partial charge in [0, 0.05) is 62.1 Å². The van der Waals surface area contributed by atoms with Gasteiger partial charge in [-0.2, -0.15) is 0 Å². The van der Waals surface area contributed by atoms with Crippen molar-refractivity contribution in [3.63, 3.8) is 0 Å². The average molecular weight is 549 g/mol. The first-order chi connectivity index (χ1) is 18.7. The molecule has 0 radical (unpaired) electrons. The summed E-state index contributed by atoms with van der Waals surface area (Å²) in [6.07, 6.45) is 9.76. The second kappa shape index (κ2) is 12.6. The van der Waals surface area contributed by atoms with Crippen LogP contribution in [0.3, 0.4) is 0 Å². The van der Waals surface area contributed by atoms with E-state index in [-0.39, 0.29) is 11.7 Å². The van der Waals surface area contributed by atoms with Crippen LogP contribution in [0.4, 0.5) is 4.79 Å². The summed E-state index contributed by atoms with van der Waals surface area (Å²) in [5.74, 6) is 0. The van der Waals surface area contributed by atoms with Gasteiger partial charge in [-0.25, -0.2) is 9.78 Å². The van der Waals surface area contributed by atoms with Crippen LogP contribution in [-0.2, 0) is 18.2 Å². The smallest absolute Gasteiger partial charge is 0.410 e. The van der Waals surface area contributed by atoms with Crippen LogP contribution in [0.1, 0.15) is 54.8 Å². The predicted molar refractivity (Wildman–Crippen MR) is 155 cm³/mol. The summed E-state index contributed by atoms with van der Waals surface area (Å²) in [7, 11) is 1.89. The van der Waals surface area contributed by atoms with E-state index in [1.807, 2.05) is 62.0 Å². The highest BCUT2D eigenvalue weighted by molar-refractivity contribution is 6.33. The molecular weight excluding hydrogens is 512 g/mol. The normalized spacial score (nSPS) is 16.2. The number of pyridine rings is 1. The Balaban J connectivity index is 0.000000226. The van der Waals surface area contributed by atoms with Crippen LogP contribution >= 0.6 is 11.6 Å². The molecule has 206 valence electrons. The molecule has 0 bridgehead atoms. The molecular formula is C30H37ClN6O2. The number of carbonyl (C=O) groups is 1. The molecule has 3 aromatic rings. The van der Waals surface area contributed by atoms with E-state index in [1.165, 1.54) is 0 Å². The quantitative estimate of drug-likeness (QED) is 0.401. The SMILES string of the molecule is C/C=C(/C(=N)c1cncn1C)c1cc(Cl)ccc1Cc1ncccc1C.CC1(OC(=O)N2CCNCC2)CC1. The summed E-state index contributed by atoms with van der Waals surface area (Å²) in [6, 6.07) is 9.84. The zero-order valence-electron chi connectivity index (χ0n) is 23.1. The second-order valence-corrected chi connectivity index (χ2v) is 10.7. The molecule has 2 fully saturated rings. The number of carbonyl (C=O) groups excluding carboxylic acids is 1. The summed E-state index contributed by atoms with van der Waals surface area (Å²) >= 11 is 6.28. The molecule has 2 aliphatic rings. The van der Waals surface area contributed by atoms with Crippen LogP contribution in [0.2, 0.25) is 5.02 Å². The van der Waals surface area contributed by atoms with Crippen LogP contribution in [0.25, 0.3) is 5.57 Å². The van der Waals surface area contributed by atoms with Gasteiger partial charge in [0.2, 0.25) is 0 Å². The summed E-state index contributed by atoms with van der Waals surface area (Å²) in [5.41, 5.74) is 6.11. The van der Waals surface area contributed by atoms with Crippen LogP contribution in [0.15, 0.2) is 55.1 Å². The second-order valence-electron chi connectivity index (χ2n) is 10.3. The number of imidazole rings is 1. The first-order valence-corrected chi connectivity index (χ1v) is 13.7. The van der Waals surface area contributed by atoms with E-state index in [2.05, 4.69) is 28.3 Å². The molecule has 39 heavy (non-hydrogen) atoms. The minimum absolute atomic E-state index is 0.137. The Morgan fingerprint density at radius 3 is 2.62 bits per heavy atom. The summed E-state index contributed by atoms with van der Waals surface area (Å²) in [6.45, 7) is 9.30. The standard InChI is InChI=1S/C21H21ClN4.C9H16N2O2/c1-4-17(21(23)20-12-24-13-26(20)3)18-11-16(22)8-7-15(18)10-19-14(2)6-5-9-25-19;1-9(2-3-9)13-8(12)11-6-4-10-5-7-11/h4-9,11-13,23H,10H2,1-3H3;10H,2-7H2,1H3/b17-4+,23-21?;. The topological polar surface area (TPSA) is 96.1 Å². The van der Waals surface area contributed by atoms with Gasteiger partial charge in [-0.1, -0.05) is 29.8 Å². The van der Waals surface area contributed by atoms with Crippen molar-refractivity contribution < 1.29 is 9.53 Å². The fraction of sp³-hybridized carbons (Fsp3) is 0.400. The number of benzene rings is 1. The maximum absolute atomic E-state index is 11.5. The summed E-state index contributed by atoms with van der Waals surface area (Å²) < 4.78 is 7.19. The highest BCUT2D eigenvalue weighted by atomic mass is 35.5. The number of nitrogens with zero attached hydrogens (tertiary/aromatic N) is 4. The highest BCUT2D eigenvalue weighted by Gasteiger charge is 2.42. The Morgan fingerprint density at radius 1 is 1.26 bits per heavy atom. The van der Waals surface area contributed by atoms with Crippen molar-refractivity contribution >= 4 is 29.0 Å². The lowest BCUT2D eigenvalue weighted by atomic mass is 9.91. The Kier molecular flexibility index (Phi) is 9.20. The lowest BCUT2D eigenvalue weighted by molar-refractivity contribution is 0.0555. The third kappa shape index (κ3) is 7.34. The first kappa shape index (κ1) is 28.5. The Hall–Kier alpha value is -3.49. The van der Waals surface area contributed by atoms with Gasteiger partial charge >= 0.3 is 6.09 Å².